The molecule has 0 spiro atoms. The fraction of sp³-hybridized carbons (Fsp3) is 0.211. The van der Waals surface area contributed by atoms with Crippen LogP contribution in [0.25, 0.3) is 11.3 Å². The Morgan fingerprint density at radius 3 is 2.00 bits per heavy atom. The van der Waals surface area contributed by atoms with E-state index < -0.39 is 23.0 Å². The summed E-state index contributed by atoms with van der Waals surface area (Å²) in [6, 6.07) is 6.17. The van der Waals surface area contributed by atoms with Gasteiger partial charge in [-0.05, 0) is 29.7 Å². The maximum absolute atomic E-state index is 14.3. The lowest BCUT2D eigenvalue weighted by atomic mass is 9.92. The lowest BCUT2D eigenvalue weighted by molar-refractivity contribution is -0.120. The van der Waals surface area contributed by atoms with E-state index in [1.165, 1.54) is 14.2 Å². The topological polar surface area (TPSA) is 47.6 Å². The molecule has 0 fully saturated rings. The highest BCUT2D eigenvalue weighted by atomic mass is 19.1. The van der Waals surface area contributed by atoms with Crippen LogP contribution >= 0.6 is 0 Å². The van der Waals surface area contributed by atoms with E-state index >= 15 is 0 Å². The molecule has 0 bridgehead atoms. The lowest BCUT2D eigenvalue weighted by Crippen LogP contribution is -2.27. The van der Waals surface area contributed by atoms with Gasteiger partial charge in [0.15, 0.2) is 0 Å². The average molecular weight is 363 g/mol. The third-order valence-electron chi connectivity index (χ3n) is 4.13. The van der Waals surface area contributed by atoms with E-state index in [1.807, 2.05) is 0 Å². The Morgan fingerprint density at radius 2 is 1.46 bits per heavy atom. The highest BCUT2D eigenvalue weighted by molar-refractivity contribution is 6.01. The van der Waals surface area contributed by atoms with E-state index in [2.05, 4.69) is 5.32 Å². The molecule has 1 aliphatic rings. The molecule has 1 amide bonds. The largest absolute Gasteiger partial charge is 0.497 e. The molecule has 1 N–H and O–H groups in total. The van der Waals surface area contributed by atoms with Gasteiger partial charge >= 0.3 is 0 Å². The number of halogens is 3. The molecule has 3 rings (SSSR count). The molecule has 0 aromatic heterocycles. The molecule has 0 saturated carbocycles. The Balaban J connectivity index is 2.25. The van der Waals surface area contributed by atoms with Crippen LogP contribution in [0.3, 0.4) is 0 Å². The van der Waals surface area contributed by atoms with E-state index in [0.717, 1.165) is 0 Å². The van der Waals surface area contributed by atoms with Crippen molar-refractivity contribution >= 4 is 17.2 Å². The summed E-state index contributed by atoms with van der Waals surface area (Å²) in [5, 5.41) is 2.51. The Kier molecular flexibility index (Phi) is 4.88. The van der Waals surface area contributed by atoms with Crippen molar-refractivity contribution < 1.29 is 27.4 Å². The van der Waals surface area contributed by atoms with Crippen LogP contribution in [0.15, 0.2) is 30.3 Å². The van der Waals surface area contributed by atoms with Gasteiger partial charge in [-0.3, -0.25) is 4.79 Å². The van der Waals surface area contributed by atoms with Gasteiger partial charge in [0.25, 0.3) is 0 Å². The van der Waals surface area contributed by atoms with E-state index in [4.69, 9.17) is 9.47 Å². The number of methoxy groups -OCH3 is 2. The van der Waals surface area contributed by atoms with Gasteiger partial charge in [0.05, 0.1) is 25.5 Å². The SMILES string of the molecule is COc1cc(OC)cc(C2=C(c3c(F)cc(F)cc3F)NC(=O)CC2)c1. The van der Waals surface area contributed by atoms with Crippen LogP contribution < -0.4 is 14.8 Å². The molecule has 4 nitrogen and oxygen atoms in total. The normalized spacial score (nSPS) is 14.3. The van der Waals surface area contributed by atoms with Crippen molar-refractivity contribution in [3.05, 3.63) is 58.9 Å². The van der Waals surface area contributed by atoms with Crippen molar-refractivity contribution in [1.82, 2.24) is 5.32 Å². The molecule has 2 aromatic rings. The van der Waals surface area contributed by atoms with Crippen LogP contribution in [0.5, 0.6) is 11.5 Å². The number of amides is 1. The van der Waals surface area contributed by atoms with Gasteiger partial charge in [-0.15, -0.1) is 0 Å². The summed E-state index contributed by atoms with van der Waals surface area (Å²) in [5.74, 6) is -2.61. The van der Waals surface area contributed by atoms with Gasteiger partial charge in [0, 0.05) is 24.6 Å². The number of carbonyl (C=O) groups excluding carboxylic acids is 1. The second kappa shape index (κ2) is 7.11. The number of ether oxygens (including phenoxy) is 2. The molecule has 2 aromatic carbocycles. The number of nitrogens with one attached hydrogen (secondary N) is 1. The molecule has 7 heteroatoms. The van der Waals surface area contributed by atoms with Crippen molar-refractivity contribution in [1.29, 1.82) is 0 Å². The highest BCUT2D eigenvalue weighted by Crippen LogP contribution is 2.37. The quantitative estimate of drug-likeness (QED) is 0.896. The smallest absolute Gasteiger partial charge is 0.224 e. The summed E-state index contributed by atoms with van der Waals surface area (Å²) in [5.41, 5.74) is 0.591. The summed E-state index contributed by atoms with van der Waals surface area (Å²) >= 11 is 0. The second-order valence-corrected chi connectivity index (χ2v) is 5.75. The van der Waals surface area contributed by atoms with Crippen molar-refractivity contribution in [2.45, 2.75) is 12.8 Å². The van der Waals surface area contributed by atoms with Gasteiger partial charge in [-0.1, -0.05) is 0 Å². The van der Waals surface area contributed by atoms with E-state index in [-0.39, 0.29) is 24.4 Å². The molecule has 136 valence electrons. The maximum atomic E-state index is 14.3. The van der Waals surface area contributed by atoms with Gasteiger partial charge in [-0.2, -0.15) is 0 Å². The summed E-state index contributed by atoms with van der Waals surface area (Å²) in [4.78, 5) is 11.8. The van der Waals surface area contributed by atoms with Crippen molar-refractivity contribution in [2.24, 2.45) is 0 Å². The van der Waals surface area contributed by atoms with Crippen LogP contribution in [0.1, 0.15) is 24.0 Å². The molecule has 0 atom stereocenters. The number of benzene rings is 2. The van der Waals surface area contributed by atoms with Crippen molar-refractivity contribution in [3.63, 3.8) is 0 Å². The van der Waals surface area contributed by atoms with Crippen LogP contribution in [0, 0.1) is 17.5 Å². The maximum Gasteiger partial charge on any atom is 0.224 e. The second-order valence-electron chi connectivity index (χ2n) is 5.75. The molecule has 26 heavy (non-hydrogen) atoms. The zero-order chi connectivity index (χ0) is 18.8. The summed E-state index contributed by atoms with van der Waals surface area (Å²) in [7, 11) is 2.96. The van der Waals surface area contributed by atoms with Crippen LogP contribution in [-0.2, 0) is 4.79 Å². The number of rotatable bonds is 4. The first-order valence-electron chi connectivity index (χ1n) is 7.84. The van der Waals surface area contributed by atoms with E-state index in [9.17, 15) is 18.0 Å². The zero-order valence-electron chi connectivity index (χ0n) is 14.2. The van der Waals surface area contributed by atoms with E-state index in [0.29, 0.717) is 34.8 Å². The summed E-state index contributed by atoms with van der Waals surface area (Å²) in [6.07, 6.45) is 0.413. The average Bonchev–Trinajstić information content (AvgIpc) is 2.60. The van der Waals surface area contributed by atoms with Crippen LogP contribution in [-0.4, -0.2) is 20.1 Å². The van der Waals surface area contributed by atoms with Gasteiger partial charge in [-0.25, -0.2) is 13.2 Å². The number of carbonyl (C=O) groups is 1. The Bertz CT molecular complexity index is 864. The zero-order valence-corrected chi connectivity index (χ0v) is 14.2. The Labute approximate surface area is 148 Å². The highest BCUT2D eigenvalue weighted by Gasteiger charge is 2.26. The van der Waals surface area contributed by atoms with E-state index in [1.54, 1.807) is 18.2 Å². The fourth-order valence-electron chi connectivity index (χ4n) is 2.91. The van der Waals surface area contributed by atoms with Gasteiger partial charge < -0.3 is 14.8 Å². The first-order chi connectivity index (χ1) is 12.4. The van der Waals surface area contributed by atoms with Gasteiger partial charge in [0.2, 0.25) is 5.91 Å². The summed E-state index contributed by atoms with van der Waals surface area (Å²) in [6.45, 7) is 0. The predicted octanol–water partition coefficient (Wildman–Crippen LogP) is 3.90. The first-order valence-corrected chi connectivity index (χ1v) is 7.84. The fourth-order valence-corrected chi connectivity index (χ4v) is 2.91. The number of hydrogen-bond donors (Lipinski definition) is 1. The van der Waals surface area contributed by atoms with Gasteiger partial charge in [0.1, 0.15) is 29.0 Å². The first kappa shape index (κ1) is 17.8. The minimum atomic E-state index is -1.09. The number of allylic oxidation sites excluding steroid dienone is 1. The minimum absolute atomic E-state index is 0.0217. The van der Waals surface area contributed by atoms with Crippen molar-refractivity contribution in [2.75, 3.05) is 14.2 Å². The molecule has 1 aliphatic heterocycles. The minimum Gasteiger partial charge on any atom is -0.497 e. The summed E-state index contributed by atoms with van der Waals surface area (Å²) < 4.78 is 52.3. The van der Waals surface area contributed by atoms with Crippen LogP contribution in [0.2, 0.25) is 0 Å². The molecule has 1 heterocycles. The lowest BCUT2D eigenvalue weighted by Gasteiger charge is -2.23. The van der Waals surface area contributed by atoms with Crippen LogP contribution in [0.4, 0.5) is 13.2 Å². The number of hydrogen-bond acceptors (Lipinski definition) is 3. The Morgan fingerprint density at radius 1 is 0.885 bits per heavy atom. The molecular weight excluding hydrogens is 347 g/mol. The standard InChI is InChI=1S/C19H16F3NO3/c1-25-12-5-10(6-13(9-12)26-2)14-3-4-17(24)23-19(14)18-15(21)7-11(20)8-16(18)22/h5-9H,3-4H2,1-2H3,(H,23,24). The molecule has 0 aliphatic carbocycles. The third-order valence-corrected chi connectivity index (χ3v) is 4.13. The van der Waals surface area contributed by atoms with Crippen molar-refractivity contribution in [3.8, 4) is 11.5 Å². The molecule has 0 radical (unpaired) electrons. The monoisotopic (exact) mass is 363 g/mol. The predicted molar refractivity (Wildman–Crippen MR) is 90.1 cm³/mol. The molecule has 0 saturated heterocycles. The third kappa shape index (κ3) is 3.37. The Hall–Kier alpha value is -2.96. The molecular formula is C19H16F3NO3. The molecule has 0 unspecified atom stereocenters.